The summed E-state index contributed by atoms with van der Waals surface area (Å²) in [6, 6.07) is 9.79. The highest BCUT2D eigenvalue weighted by atomic mass is 16.4. The predicted molar refractivity (Wildman–Crippen MR) is 75.2 cm³/mol. The van der Waals surface area contributed by atoms with Crippen molar-refractivity contribution in [1.82, 2.24) is 0 Å². The van der Waals surface area contributed by atoms with Crippen LogP contribution in [0.3, 0.4) is 0 Å². The Balaban J connectivity index is 2.40. The van der Waals surface area contributed by atoms with Crippen LogP contribution >= 0.6 is 0 Å². The second kappa shape index (κ2) is 5.52. The molecule has 5 heteroatoms. The largest absolute Gasteiger partial charge is 0.505 e. The number of carboxylic acid groups (broad SMARTS) is 1. The molecule has 0 saturated heterocycles. The van der Waals surface area contributed by atoms with Crippen molar-refractivity contribution in [2.24, 2.45) is 10.2 Å². The number of hydrogen-bond acceptors (Lipinski definition) is 4. The number of nitrogens with zero attached hydrogens (tertiary/aromatic N) is 2. The summed E-state index contributed by atoms with van der Waals surface area (Å²) in [6.45, 7) is 3.67. The molecule has 0 aromatic heterocycles. The molecular weight excluding hydrogens is 256 g/mol. The van der Waals surface area contributed by atoms with Crippen LogP contribution in [-0.4, -0.2) is 16.2 Å². The minimum Gasteiger partial charge on any atom is -0.505 e. The Morgan fingerprint density at radius 1 is 1.00 bits per heavy atom. The number of hydrogen-bond donors (Lipinski definition) is 2. The van der Waals surface area contributed by atoms with Crippen molar-refractivity contribution in [3.8, 4) is 5.75 Å². The molecular formula is C15H14N2O3. The van der Waals surface area contributed by atoms with Crippen molar-refractivity contribution in [2.45, 2.75) is 13.8 Å². The van der Waals surface area contributed by atoms with Gasteiger partial charge in [-0.25, -0.2) is 4.79 Å². The van der Waals surface area contributed by atoms with Gasteiger partial charge in [-0.3, -0.25) is 0 Å². The van der Waals surface area contributed by atoms with Gasteiger partial charge < -0.3 is 10.2 Å². The van der Waals surface area contributed by atoms with Crippen LogP contribution in [0.2, 0.25) is 0 Å². The van der Waals surface area contributed by atoms with Crippen LogP contribution < -0.4 is 0 Å². The topological polar surface area (TPSA) is 82.2 Å². The second-order valence-electron chi connectivity index (χ2n) is 4.40. The Morgan fingerprint density at radius 3 is 2.35 bits per heavy atom. The fraction of sp³-hybridized carbons (Fsp3) is 0.133. The minimum absolute atomic E-state index is 0.0570. The maximum atomic E-state index is 11.0. The molecule has 0 aliphatic carbocycles. The summed E-state index contributed by atoms with van der Waals surface area (Å²) in [4.78, 5) is 11.0. The summed E-state index contributed by atoms with van der Waals surface area (Å²) in [5.74, 6) is -1.01. The molecule has 5 nitrogen and oxygen atoms in total. The third-order valence-corrected chi connectivity index (χ3v) is 3.08. The van der Waals surface area contributed by atoms with E-state index >= 15 is 0 Å². The molecule has 0 bridgehead atoms. The van der Waals surface area contributed by atoms with Gasteiger partial charge in [-0.05, 0) is 43.2 Å². The standard InChI is InChI=1S/C15H14N2O3/c1-9-7-8-13(14(18)10(9)2)17-16-12-6-4-3-5-11(12)15(19)20/h3-8,18H,1-2H3,(H,19,20)/b17-16+. The van der Waals surface area contributed by atoms with Crippen LogP contribution in [0.5, 0.6) is 5.75 Å². The highest BCUT2D eigenvalue weighted by molar-refractivity contribution is 5.93. The van der Waals surface area contributed by atoms with Gasteiger partial charge in [0, 0.05) is 0 Å². The van der Waals surface area contributed by atoms with Crippen LogP contribution in [-0.2, 0) is 0 Å². The Morgan fingerprint density at radius 2 is 1.65 bits per heavy atom. The number of benzene rings is 2. The molecule has 2 aromatic rings. The third-order valence-electron chi connectivity index (χ3n) is 3.08. The van der Waals surface area contributed by atoms with Crippen LogP contribution in [0.4, 0.5) is 11.4 Å². The first kappa shape index (κ1) is 13.7. The zero-order valence-electron chi connectivity index (χ0n) is 11.2. The summed E-state index contributed by atoms with van der Waals surface area (Å²) in [6.07, 6.45) is 0. The van der Waals surface area contributed by atoms with Crippen molar-refractivity contribution < 1.29 is 15.0 Å². The summed E-state index contributed by atoms with van der Waals surface area (Å²) in [5.41, 5.74) is 2.31. The predicted octanol–water partition coefficient (Wildman–Crippen LogP) is 4.12. The number of aryl methyl sites for hydroxylation is 1. The fourth-order valence-electron chi connectivity index (χ4n) is 1.72. The number of carbonyl (C=O) groups is 1. The minimum atomic E-state index is -1.07. The molecule has 2 N–H and O–H groups in total. The van der Waals surface area contributed by atoms with Crippen LogP contribution in [0, 0.1) is 13.8 Å². The third kappa shape index (κ3) is 2.66. The zero-order valence-corrected chi connectivity index (χ0v) is 11.2. The van der Waals surface area contributed by atoms with Gasteiger partial charge in [-0.2, -0.15) is 0 Å². The molecule has 0 unspecified atom stereocenters. The van der Waals surface area contributed by atoms with Crippen molar-refractivity contribution >= 4 is 17.3 Å². The molecule has 0 saturated carbocycles. The Hall–Kier alpha value is -2.69. The van der Waals surface area contributed by atoms with Gasteiger partial charge >= 0.3 is 5.97 Å². The van der Waals surface area contributed by atoms with E-state index in [1.54, 1.807) is 31.2 Å². The van der Waals surface area contributed by atoms with Gasteiger partial charge in [0.2, 0.25) is 0 Å². The van der Waals surface area contributed by atoms with E-state index in [0.29, 0.717) is 5.69 Å². The molecule has 2 rings (SSSR count). The van der Waals surface area contributed by atoms with Crippen molar-refractivity contribution in [3.05, 3.63) is 53.1 Å². The average molecular weight is 270 g/mol. The first-order valence-corrected chi connectivity index (χ1v) is 6.04. The smallest absolute Gasteiger partial charge is 0.337 e. The molecule has 0 fully saturated rings. The van der Waals surface area contributed by atoms with Crippen molar-refractivity contribution in [2.75, 3.05) is 0 Å². The highest BCUT2D eigenvalue weighted by Crippen LogP contribution is 2.33. The highest BCUT2D eigenvalue weighted by Gasteiger charge is 2.09. The van der Waals surface area contributed by atoms with Gasteiger partial charge in [-0.1, -0.05) is 18.2 Å². The van der Waals surface area contributed by atoms with Crippen molar-refractivity contribution in [3.63, 3.8) is 0 Å². The van der Waals surface area contributed by atoms with Crippen LogP contribution in [0.1, 0.15) is 21.5 Å². The number of azo groups is 1. The van der Waals surface area contributed by atoms with E-state index < -0.39 is 5.97 Å². The van der Waals surface area contributed by atoms with Gasteiger partial charge in [-0.15, -0.1) is 10.2 Å². The maximum absolute atomic E-state index is 11.0. The van der Waals surface area contributed by atoms with E-state index in [-0.39, 0.29) is 17.0 Å². The van der Waals surface area contributed by atoms with E-state index in [0.717, 1.165) is 11.1 Å². The zero-order chi connectivity index (χ0) is 14.7. The maximum Gasteiger partial charge on any atom is 0.337 e. The number of aromatic hydroxyl groups is 1. The number of aromatic carboxylic acids is 1. The van der Waals surface area contributed by atoms with Crippen LogP contribution in [0.25, 0.3) is 0 Å². The number of carboxylic acids is 1. The molecule has 0 aliphatic rings. The summed E-state index contributed by atoms with van der Waals surface area (Å²) < 4.78 is 0. The summed E-state index contributed by atoms with van der Waals surface area (Å²) in [5, 5.41) is 26.9. The molecule has 0 amide bonds. The van der Waals surface area contributed by atoms with Gasteiger partial charge in [0.15, 0.2) is 0 Å². The molecule has 0 heterocycles. The lowest BCUT2D eigenvalue weighted by Crippen LogP contribution is -1.95. The molecule has 20 heavy (non-hydrogen) atoms. The summed E-state index contributed by atoms with van der Waals surface area (Å²) >= 11 is 0. The van der Waals surface area contributed by atoms with E-state index in [4.69, 9.17) is 5.11 Å². The Labute approximate surface area is 116 Å². The average Bonchev–Trinajstić information content (AvgIpc) is 2.44. The van der Waals surface area contributed by atoms with Gasteiger partial charge in [0.1, 0.15) is 17.1 Å². The molecule has 0 atom stereocenters. The molecule has 0 spiro atoms. The van der Waals surface area contributed by atoms with Gasteiger partial charge in [0.05, 0.1) is 5.56 Å². The first-order valence-electron chi connectivity index (χ1n) is 6.04. The Bertz CT molecular complexity index is 694. The van der Waals surface area contributed by atoms with Crippen LogP contribution in [0.15, 0.2) is 46.6 Å². The quantitative estimate of drug-likeness (QED) is 0.823. The van der Waals surface area contributed by atoms with E-state index in [1.807, 2.05) is 13.0 Å². The molecule has 2 aromatic carbocycles. The number of phenols is 1. The van der Waals surface area contributed by atoms with E-state index in [1.165, 1.54) is 6.07 Å². The lowest BCUT2D eigenvalue weighted by atomic mass is 10.1. The second-order valence-corrected chi connectivity index (χ2v) is 4.40. The van der Waals surface area contributed by atoms with E-state index in [2.05, 4.69) is 10.2 Å². The normalized spacial score (nSPS) is 10.9. The van der Waals surface area contributed by atoms with Crippen molar-refractivity contribution in [1.29, 1.82) is 0 Å². The lowest BCUT2D eigenvalue weighted by Gasteiger charge is -2.05. The number of rotatable bonds is 3. The molecule has 102 valence electrons. The first-order chi connectivity index (χ1) is 9.50. The number of phenolic OH excluding ortho intramolecular Hbond substituents is 1. The monoisotopic (exact) mass is 270 g/mol. The fourth-order valence-corrected chi connectivity index (χ4v) is 1.72. The summed E-state index contributed by atoms with van der Waals surface area (Å²) in [7, 11) is 0. The lowest BCUT2D eigenvalue weighted by molar-refractivity contribution is 0.0698. The van der Waals surface area contributed by atoms with E-state index in [9.17, 15) is 9.90 Å². The molecule has 0 radical (unpaired) electrons. The molecule has 0 aliphatic heterocycles. The Kier molecular flexibility index (Phi) is 3.79. The SMILES string of the molecule is Cc1ccc(/N=N/c2ccccc2C(=O)O)c(O)c1C. The van der Waals surface area contributed by atoms with Gasteiger partial charge in [0.25, 0.3) is 0 Å².